The number of fused-ring (bicyclic) bond motifs is 2. The van der Waals surface area contributed by atoms with Crippen molar-refractivity contribution in [1.29, 1.82) is 0 Å². The van der Waals surface area contributed by atoms with Gasteiger partial charge in [0.05, 0.1) is 15.9 Å². The van der Waals surface area contributed by atoms with Crippen molar-refractivity contribution in [2.75, 3.05) is 0 Å². The highest BCUT2D eigenvalue weighted by molar-refractivity contribution is 6.30. The molecule has 1 aromatic heterocycles. The van der Waals surface area contributed by atoms with Crippen molar-refractivity contribution in [2.24, 2.45) is 4.99 Å². The normalized spacial score (nSPS) is 17.8. The van der Waals surface area contributed by atoms with Gasteiger partial charge in [0.25, 0.3) is 5.70 Å². The molecule has 3 heterocycles. The molecule has 0 saturated heterocycles. The molecule has 0 bridgehead atoms. The van der Waals surface area contributed by atoms with E-state index in [1.54, 1.807) is 30.5 Å². The number of hydrazine groups is 1. The van der Waals surface area contributed by atoms with E-state index in [1.807, 2.05) is 24.3 Å². The fourth-order valence-electron chi connectivity index (χ4n) is 3.78. The molecule has 3 aromatic rings. The van der Waals surface area contributed by atoms with Crippen molar-refractivity contribution >= 4 is 28.3 Å². The standard InChI is InChI=1S/C20H13ClN6O4/c21-12-7-5-11(6-8-12)19-23-20-17(27(30)31)9-16(26(28)29)18(25(20)24-19)14-10-22-15-4-2-1-3-13(14)15/h1-10,18,22H,(H,23,24). The Kier molecular flexibility index (Phi) is 4.22. The zero-order valence-corrected chi connectivity index (χ0v) is 16.4. The van der Waals surface area contributed by atoms with Gasteiger partial charge < -0.3 is 4.98 Å². The van der Waals surface area contributed by atoms with Crippen LogP contribution >= 0.6 is 11.6 Å². The van der Waals surface area contributed by atoms with Gasteiger partial charge in [-0.25, -0.2) is 10.0 Å². The number of aromatic amines is 1. The Morgan fingerprint density at radius 1 is 1.03 bits per heavy atom. The molecule has 2 aromatic carbocycles. The first-order valence-electron chi connectivity index (χ1n) is 9.15. The van der Waals surface area contributed by atoms with Gasteiger partial charge in [-0.3, -0.25) is 25.7 Å². The van der Waals surface area contributed by atoms with E-state index in [1.165, 1.54) is 5.01 Å². The summed E-state index contributed by atoms with van der Waals surface area (Å²) in [7, 11) is 0. The third-order valence-corrected chi connectivity index (χ3v) is 5.42. The second-order valence-corrected chi connectivity index (χ2v) is 7.37. The number of aromatic nitrogens is 1. The molecule has 2 aliphatic heterocycles. The zero-order chi connectivity index (χ0) is 21.7. The minimum absolute atomic E-state index is 0.00386. The van der Waals surface area contributed by atoms with Gasteiger partial charge in [-0.05, 0) is 30.3 Å². The van der Waals surface area contributed by atoms with E-state index in [4.69, 9.17) is 11.6 Å². The minimum atomic E-state index is -0.946. The highest BCUT2D eigenvalue weighted by Crippen LogP contribution is 2.41. The topological polar surface area (TPSA) is 130 Å². The van der Waals surface area contributed by atoms with Gasteiger partial charge in [-0.2, -0.15) is 0 Å². The van der Waals surface area contributed by atoms with Crippen LogP contribution in [0.1, 0.15) is 17.2 Å². The van der Waals surface area contributed by atoms with Gasteiger partial charge in [0.15, 0.2) is 11.9 Å². The van der Waals surface area contributed by atoms with Gasteiger partial charge in [0, 0.05) is 33.2 Å². The first-order valence-corrected chi connectivity index (χ1v) is 9.53. The summed E-state index contributed by atoms with van der Waals surface area (Å²) in [5.41, 5.74) is 4.25. The summed E-state index contributed by atoms with van der Waals surface area (Å²) in [5, 5.41) is 26.3. The number of hydrogen-bond donors (Lipinski definition) is 2. The van der Waals surface area contributed by atoms with Gasteiger partial charge >= 0.3 is 5.70 Å². The Labute approximate surface area is 179 Å². The number of halogens is 1. The maximum Gasteiger partial charge on any atom is 0.319 e. The number of H-pyrrole nitrogens is 1. The van der Waals surface area contributed by atoms with Crippen molar-refractivity contribution in [3.63, 3.8) is 0 Å². The molecule has 1 atom stereocenters. The van der Waals surface area contributed by atoms with Crippen LogP contribution in [-0.2, 0) is 0 Å². The lowest BCUT2D eigenvalue weighted by molar-refractivity contribution is -0.445. The predicted molar refractivity (Wildman–Crippen MR) is 113 cm³/mol. The molecule has 1 unspecified atom stereocenters. The number of nitrogens with one attached hydrogen (secondary N) is 2. The number of rotatable bonds is 4. The molecule has 0 radical (unpaired) electrons. The third-order valence-electron chi connectivity index (χ3n) is 5.17. The van der Waals surface area contributed by atoms with Crippen molar-refractivity contribution < 1.29 is 9.85 Å². The van der Waals surface area contributed by atoms with E-state index in [0.717, 1.165) is 17.0 Å². The van der Waals surface area contributed by atoms with E-state index in [-0.39, 0.29) is 11.5 Å². The Morgan fingerprint density at radius 3 is 2.48 bits per heavy atom. The number of nitro groups is 2. The van der Waals surface area contributed by atoms with Crippen LogP contribution in [-0.4, -0.2) is 25.7 Å². The lowest BCUT2D eigenvalue weighted by atomic mass is 9.99. The zero-order valence-electron chi connectivity index (χ0n) is 15.7. The first-order chi connectivity index (χ1) is 14.9. The number of hydrogen-bond acceptors (Lipinski definition) is 7. The largest absolute Gasteiger partial charge is 0.361 e. The molecule has 2 aliphatic rings. The van der Waals surface area contributed by atoms with Gasteiger partial charge in [0.2, 0.25) is 5.82 Å². The molecule has 5 rings (SSSR count). The third kappa shape index (κ3) is 3.01. The molecule has 2 N–H and O–H groups in total. The molecule has 11 heteroatoms. The second kappa shape index (κ2) is 6.96. The minimum Gasteiger partial charge on any atom is -0.361 e. The molecular weight excluding hydrogens is 424 g/mol. The average Bonchev–Trinajstić information content (AvgIpc) is 3.37. The summed E-state index contributed by atoms with van der Waals surface area (Å²) >= 11 is 5.95. The molecule has 31 heavy (non-hydrogen) atoms. The SMILES string of the molecule is O=[N+]([O-])C1=CC([N+](=O)[O-])=C2N=C(c3ccc(Cl)cc3)NN2C1c1c[nH]c2ccccc12. The molecule has 10 nitrogen and oxygen atoms in total. The number of nitrogens with zero attached hydrogens (tertiary/aromatic N) is 4. The second-order valence-electron chi connectivity index (χ2n) is 6.93. The Hall–Kier alpha value is -4.18. The maximum atomic E-state index is 11.9. The summed E-state index contributed by atoms with van der Waals surface area (Å²) in [4.78, 5) is 29.8. The summed E-state index contributed by atoms with van der Waals surface area (Å²) in [6, 6.07) is 13.2. The molecule has 0 spiro atoms. The quantitative estimate of drug-likeness (QED) is 0.473. The average molecular weight is 437 g/mol. The Bertz CT molecular complexity index is 1340. The monoisotopic (exact) mass is 436 g/mol. The molecule has 0 fully saturated rings. The van der Waals surface area contributed by atoms with Crippen molar-refractivity contribution in [3.8, 4) is 0 Å². The smallest absolute Gasteiger partial charge is 0.319 e. The molecule has 0 amide bonds. The van der Waals surface area contributed by atoms with Crippen LogP contribution in [0.25, 0.3) is 10.9 Å². The summed E-state index contributed by atoms with van der Waals surface area (Å²) in [6.07, 6.45) is 2.65. The fraction of sp³-hybridized carbons (Fsp3) is 0.0500. The van der Waals surface area contributed by atoms with E-state index in [0.29, 0.717) is 22.0 Å². The molecular formula is C20H13ClN6O4. The number of aliphatic imine (C=N–C) groups is 1. The van der Waals surface area contributed by atoms with Crippen LogP contribution in [0.5, 0.6) is 0 Å². The maximum absolute atomic E-state index is 11.9. The fourth-order valence-corrected chi connectivity index (χ4v) is 3.90. The van der Waals surface area contributed by atoms with Crippen LogP contribution in [0.15, 0.2) is 83.0 Å². The highest BCUT2D eigenvalue weighted by atomic mass is 35.5. The summed E-state index contributed by atoms with van der Waals surface area (Å²) in [5.74, 6) is 0.324. The van der Waals surface area contributed by atoms with E-state index in [9.17, 15) is 20.2 Å². The van der Waals surface area contributed by atoms with Gasteiger partial charge in [-0.1, -0.05) is 29.8 Å². The van der Waals surface area contributed by atoms with E-state index >= 15 is 0 Å². The van der Waals surface area contributed by atoms with Crippen LogP contribution in [0.4, 0.5) is 0 Å². The Balaban J connectivity index is 1.69. The molecule has 0 aliphatic carbocycles. The highest BCUT2D eigenvalue weighted by Gasteiger charge is 2.46. The van der Waals surface area contributed by atoms with Crippen LogP contribution in [0.3, 0.4) is 0 Å². The van der Waals surface area contributed by atoms with Crippen molar-refractivity contribution in [1.82, 2.24) is 15.4 Å². The van der Waals surface area contributed by atoms with Crippen molar-refractivity contribution in [3.05, 3.63) is 114 Å². The van der Waals surface area contributed by atoms with Gasteiger partial charge in [-0.15, -0.1) is 0 Å². The van der Waals surface area contributed by atoms with Crippen molar-refractivity contribution in [2.45, 2.75) is 6.04 Å². The first kappa shape index (κ1) is 18.8. The predicted octanol–water partition coefficient (Wildman–Crippen LogP) is 3.75. The summed E-state index contributed by atoms with van der Waals surface area (Å²) < 4.78 is 0. The molecule has 154 valence electrons. The lowest BCUT2D eigenvalue weighted by Gasteiger charge is -2.29. The van der Waals surface area contributed by atoms with Gasteiger partial charge in [0.1, 0.15) is 0 Å². The summed E-state index contributed by atoms with van der Waals surface area (Å²) in [6.45, 7) is 0. The number of amidine groups is 1. The van der Waals surface area contributed by atoms with E-state index < -0.39 is 21.6 Å². The van der Waals surface area contributed by atoms with Crippen LogP contribution in [0.2, 0.25) is 5.02 Å². The number of benzene rings is 2. The van der Waals surface area contributed by atoms with Crippen LogP contribution in [0, 0.1) is 20.2 Å². The Morgan fingerprint density at radius 2 is 1.77 bits per heavy atom. The van der Waals surface area contributed by atoms with E-state index in [2.05, 4.69) is 15.4 Å². The van der Waals surface area contributed by atoms with Crippen LogP contribution < -0.4 is 5.43 Å². The lowest BCUT2D eigenvalue weighted by Crippen LogP contribution is -2.42. The number of allylic oxidation sites excluding steroid dienone is 1. The number of para-hydroxylation sites is 1. The molecule has 0 saturated carbocycles.